The molecule has 0 aliphatic carbocycles. The predicted octanol–water partition coefficient (Wildman–Crippen LogP) is 0.676. The van der Waals surface area contributed by atoms with Gasteiger partial charge >= 0.3 is 0 Å². The molecule has 0 radical (unpaired) electrons. The number of aromatic nitrogens is 1. The van der Waals surface area contributed by atoms with Crippen LogP contribution in [0.4, 0.5) is 0 Å². The highest BCUT2D eigenvalue weighted by Gasteiger charge is 2.10. The number of hydrogen-bond acceptors (Lipinski definition) is 5. The van der Waals surface area contributed by atoms with Crippen molar-refractivity contribution in [2.45, 2.75) is 6.42 Å². The molecule has 1 aromatic heterocycles. The van der Waals surface area contributed by atoms with Crippen molar-refractivity contribution in [1.29, 1.82) is 5.26 Å². The van der Waals surface area contributed by atoms with Gasteiger partial charge in [0, 0.05) is 44.3 Å². The normalized spacial score (nSPS) is 14.1. The summed E-state index contributed by atoms with van der Waals surface area (Å²) in [5.74, 6) is 0. The predicted molar refractivity (Wildman–Crippen MR) is 64.3 cm³/mol. The molecule has 88 valence electrons. The maximum Gasteiger partial charge on any atom is 0.104 e. The molecule has 5 heteroatoms. The van der Waals surface area contributed by atoms with Crippen LogP contribution in [0.15, 0.2) is 30.7 Å². The van der Waals surface area contributed by atoms with E-state index in [1.807, 2.05) is 30.5 Å². The van der Waals surface area contributed by atoms with Gasteiger partial charge in [-0.2, -0.15) is 5.26 Å². The van der Waals surface area contributed by atoms with Crippen LogP contribution in [0.1, 0.15) is 11.3 Å². The minimum atomic E-state index is 0.670. The highest BCUT2D eigenvalue weighted by Crippen LogP contribution is 2.06. The van der Waals surface area contributed by atoms with Crippen molar-refractivity contribution >= 4 is 0 Å². The quantitative estimate of drug-likeness (QED) is 0.822. The molecule has 0 saturated carbocycles. The van der Waals surface area contributed by atoms with Gasteiger partial charge in [-0.25, -0.2) is 5.43 Å². The Balaban J connectivity index is 1.86. The van der Waals surface area contributed by atoms with E-state index in [9.17, 15) is 0 Å². The van der Waals surface area contributed by atoms with Gasteiger partial charge in [0.15, 0.2) is 0 Å². The number of nitrogens with zero attached hydrogens (tertiary/aromatic N) is 4. The van der Waals surface area contributed by atoms with E-state index in [1.54, 1.807) is 12.3 Å². The summed E-state index contributed by atoms with van der Waals surface area (Å²) in [5, 5.41) is 10.8. The first-order valence-electron chi connectivity index (χ1n) is 5.53. The minimum absolute atomic E-state index is 0.670. The van der Waals surface area contributed by atoms with E-state index in [0.717, 1.165) is 25.3 Å². The zero-order valence-corrected chi connectivity index (χ0v) is 9.80. The standard InChI is InChI=1S/C12H15N5/c1-14-17-7-6-16(10-17)5-3-12-8-11(9-13)2-4-15-12/h2,4,6-8,14H,3,5,10H2,1H3. The lowest BCUT2D eigenvalue weighted by atomic mass is 10.2. The Hall–Kier alpha value is -2.06. The van der Waals surface area contributed by atoms with E-state index in [1.165, 1.54) is 0 Å². The van der Waals surface area contributed by atoms with Gasteiger partial charge in [0.25, 0.3) is 0 Å². The molecule has 1 aromatic rings. The Morgan fingerprint density at radius 2 is 2.41 bits per heavy atom. The topological polar surface area (TPSA) is 55.2 Å². The molecule has 1 aliphatic rings. The molecule has 0 spiro atoms. The van der Waals surface area contributed by atoms with Crippen molar-refractivity contribution in [2.75, 3.05) is 20.3 Å². The van der Waals surface area contributed by atoms with Crippen LogP contribution in [-0.2, 0) is 6.42 Å². The van der Waals surface area contributed by atoms with Crippen LogP contribution in [0, 0.1) is 11.3 Å². The van der Waals surface area contributed by atoms with E-state index in [2.05, 4.69) is 21.4 Å². The van der Waals surface area contributed by atoms with Gasteiger partial charge in [0.2, 0.25) is 0 Å². The summed E-state index contributed by atoms with van der Waals surface area (Å²) in [4.78, 5) is 6.45. The minimum Gasteiger partial charge on any atom is -0.357 e. The van der Waals surface area contributed by atoms with Crippen molar-refractivity contribution in [3.8, 4) is 6.07 Å². The first-order chi connectivity index (χ1) is 8.31. The molecule has 0 fully saturated rings. The maximum absolute atomic E-state index is 8.79. The van der Waals surface area contributed by atoms with E-state index in [4.69, 9.17) is 5.26 Å². The Bertz CT molecular complexity index is 448. The fourth-order valence-corrected chi connectivity index (χ4v) is 1.70. The second kappa shape index (κ2) is 5.32. The Labute approximate surface area is 101 Å². The highest BCUT2D eigenvalue weighted by molar-refractivity contribution is 5.28. The van der Waals surface area contributed by atoms with Gasteiger partial charge < -0.3 is 4.90 Å². The molecule has 2 rings (SSSR count). The molecule has 2 heterocycles. The van der Waals surface area contributed by atoms with Gasteiger partial charge in [-0.3, -0.25) is 9.99 Å². The van der Waals surface area contributed by atoms with Gasteiger partial charge in [-0.05, 0) is 12.1 Å². The van der Waals surface area contributed by atoms with Crippen molar-refractivity contribution in [1.82, 2.24) is 20.3 Å². The van der Waals surface area contributed by atoms with Gasteiger partial charge in [-0.15, -0.1) is 0 Å². The number of nitrogens with one attached hydrogen (secondary N) is 1. The molecular formula is C12H15N5. The van der Waals surface area contributed by atoms with Crippen LogP contribution < -0.4 is 5.43 Å². The number of rotatable bonds is 4. The fourth-order valence-electron chi connectivity index (χ4n) is 1.70. The van der Waals surface area contributed by atoms with Crippen molar-refractivity contribution in [3.05, 3.63) is 42.0 Å². The second-order valence-electron chi connectivity index (χ2n) is 3.84. The lowest BCUT2D eigenvalue weighted by molar-refractivity contribution is 0.222. The average Bonchev–Trinajstić information content (AvgIpc) is 2.84. The van der Waals surface area contributed by atoms with Gasteiger partial charge in [-0.1, -0.05) is 0 Å². The van der Waals surface area contributed by atoms with E-state index in [0.29, 0.717) is 5.56 Å². The van der Waals surface area contributed by atoms with Crippen LogP contribution in [0.5, 0.6) is 0 Å². The molecule has 17 heavy (non-hydrogen) atoms. The summed E-state index contributed by atoms with van der Waals surface area (Å²) in [6.45, 7) is 1.74. The number of nitriles is 1. The van der Waals surface area contributed by atoms with Crippen molar-refractivity contribution < 1.29 is 0 Å². The molecule has 0 atom stereocenters. The third-order valence-electron chi connectivity index (χ3n) is 2.68. The van der Waals surface area contributed by atoms with Crippen LogP contribution in [0.2, 0.25) is 0 Å². The Kier molecular flexibility index (Phi) is 3.58. The molecular weight excluding hydrogens is 214 g/mol. The highest BCUT2D eigenvalue weighted by atomic mass is 15.6. The van der Waals surface area contributed by atoms with E-state index in [-0.39, 0.29) is 0 Å². The summed E-state index contributed by atoms with van der Waals surface area (Å²) < 4.78 is 0. The number of hydrazine groups is 1. The lowest BCUT2D eigenvalue weighted by Gasteiger charge is -2.19. The molecule has 0 bridgehead atoms. The first-order valence-corrected chi connectivity index (χ1v) is 5.53. The molecule has 1 N–H and O–H groups in total. The summed E-state index contributed by atoms with van der Waals surface area (Å²) in [6.07, 6.45) is 6.58. The molecule has 0 unspecified atom stereocenters. The molecule has 0 aromatic carbocycles. The van der Waals surface area contributed by atoms with Crippen LogP contribution in [0.25, 0.3) is 0 Å². The smallest absolute Gasteiger partial charge is 0.104 e. The molecule has 1 aliphatic heterocycles. The number of hydrogen-bond donors (Lipinski definition) is 1. The maximum atomic E-state index is 8.79. The fraction of sp³-hybridized carbons (Fsp3) is 0.333. The van der Waals surface area contributed by atoms with E-state index >= 15 is 0 Å². The van der Waals surface area contributed by atoms with Crippen LogP contribution >= 0.6 is 0 Å². The number of pyridine rings is 1. The van der Waals surface area contributed by atoms with Gasteiger partial charge in [0.05, 0.1) is 11.6 Å². The average molecular weight is 229 g/mol. The summed E-state index contributed by atoms with van der Waals surface area (Å²) in [7, 11) is 1.89. The summed E-state index contributed by atoms with van der Waals surface area (Å²) in [5.41, 5.74) is 4.69. The first kappa shape index (κ1) is 11.4. The summed E-state index contributed by atoms with van der Waals surface area (Å²) >= 11 is 0. The zero-order valence-electron chi connectivity index (χ0n) is 9.80. The monoisotopic (exact) mass is 229 g/mol. The zero-order chi connectivity index (χ0) is 12.1. The van der Waals surface area contributed by atoms with Crippen molar-refractivity contribution in [3.63, 3.8) is 0 Å². The van der Waals surface area contributed by atoms with Crippen LogP contribution in [0.3, 0.4) is 0 Å². The van der Waals surface area contributed by atoms with E-state index < -0.39 is 0 Å². The SMILES string of the molecule is CNN1C=CN(CCc2cc(C#N)ccn2)C1. The third kappa shape index (κ3) is 2.95. The Morgan fingerprint density at radius 1 is 1.53 bits per heavy atom. The lowest BCUT2D eigenvalue weighted by Crippen LogP contribution is -2.34. The molecule has 0 amide bonds. The van der Waals surface area contributed by atoms with Gasteiger partial charge in [0.1, 0.15) is 6.67 Å². The Morgan fingerprint density at radius 3 is 3.12 bits per heavy atom. The molecule has 0 saturated heterocycles. The van der Waals surface area contributed by atoms with Crippen molar-refractivity contribution in [2.24, 2.45) is 0 Å². The third-order valence-corrected chi connectivity index (χ3v) is 2.68. The summed E-state index contributed by atoms with van der Waals surface area (Å²) in [6, 6.07) is 5.69. The van der Waals surface area contributed by atoms with Crippen LogP contribution in [-0.4, -0.2) is 35.2 Å². The largest absolute Gasteiger partial charge is 0.357 e. The second-order valence-corrected chi connectivity index (χ2v) is 3.84. The molecule has 5 nitrogen and oxygen atoms in total.